The lowest BCUT2D eigenvalue weighted by molar-refractivity contribution is -0.137. The van der Waals surface area contributed by atoms with Gasteiger partial charge in [0.05, 0.1) is 5.56 Å². The molecule has 0 radical (unpaired) electrons. The molecule has 0 bridgehead atoms. The second-order valence-corrected chi connectivity index (χ2v) is 5.35. The summed E-state index contributed by atoms with van der Waals surface area (Å²) in [7, 11) is 0. The minimum absolute atomic E-state index is 0.584. The molecule has 2 nitrogen and oxygen atoms in total. The normalized spacial score (nSPS) is 17.6. The Morgan fingerprint density at radius 2 is 1.81 bits per heavy atom. The van der Waals surface area contributed by atoms with Gasteiger partial charge in [-0.15, -0.1) is 0 Å². The molecule has 0 saturated carbocycles. The van der Waals surface area contributed by atoms with Crippen molar-refractivity contribution < 1.29 is 13.2 Å². The number of hydrogen-bond acceptors (Lipinski definition) is 3. The third kappa shape index (κ3) is 4.68. The van der Waals surface area contributed by atoms with Gasteiger partial charge in [-0.05, 0) is 18.2 Å². The van der Waals surface area contributed by atoms with E-state index >= 15 is 0 Å². The van der Waals surface area contributed by atoms with Crippen molar-refractivity contribution in [1.82, 2.24) is 4.90 Å². The van der Waals surface area contributed by atoms with Crippen LogP contribution in [0.4, 0.5) is 18.9 Å². The van der Waals surface area contributed by atoms with Crippen LogP contribution in [0.2, 0.25) is 0 Å². The summed E-state index contributed by atoms with van der Waals surface area (Å²) in [5, 5.41) is 0. The smallest absolute Gasteiger partial charge is 0.369 e. The molecule has 0 atom stereocenters. The molecule has 1 aliphatic heterocycles. The molecule has 0 aliphatic carbocycles. The molecule has 2 rings (SSSR count). The van der Waals surface area contributed by atoms with Crippen LogP contribution in [-0.4, -0.2) is 43.4 Å². The Kier molecular flexibility index (Phi) is 5.58. The number of piperazine rings is 1. The minimum atomic E-state index is -4.28. The fourth-order valence-electron chi connectivity index (χ4n) is 2.37. The maximum Gasteiger partial charge on any atom is 0.416 e. The van der Waals surface area contributed by atoms with E-state index in [0.29, 0.717) is 5.69 Å². The van der Waals surface area contributed by atoms with Crippen molar-refractivity contribution in [2.75, 3.05) is 43.4 Å². The number of alkyl halides is 3. The van der Waals surface area contributed by atoms with E-state index in [-0.39, 0.29) is 0 Å². The van der Waals surface area contributed by atoms with Gasteiger partial charge in [0.1, 0.15) is 0 Å². The molecule has 21 heavy (non-hydrogen) atoms. The Labute approximate surface area is 128 Å². The molecule has 0 unspecified atom stereocenters. The average molecular weight is 316 g/mol. The number of benzene rings is 1. The number of halogens is 3. The Balaban J connectivity index is 1.95. The molecule has 1 aliphatic rings. The quantitative estimate of drug-likeness (QED) is 0.672. The maximum absolute atomic E-state index is 12.7. The van der Waals surface area contributed by atoms with E-state index in [1.54, 1.807) is 6.07 Å². The lowest BCUT2D eigenvalue weighted by atomic mass is 10.1. The Morgan fingerprint density at radius 1 is 1.10 bits per heavy atom. The molecule has 0 amide bonds. The van der Waals surface area contributed by atoms with Gasteiger partial charge in [0.2, 0.25) is 0 Å². The molecule has 116 valence electrons. The van der Waals surface area contributed by atoms with Crippen molar-refractivity contribution in [3.63, 3.8) is 0 Å². The molecular weight excluding hydrogens is 297 g/mol. The summed E-state index contributed by atoms with van der Waals surface area (Å²) in [6, 6.07) is 5.56. The molecule has 1 aromatic carbocycles. The second kappa shape index (κ2) is 7.22. The van der Waals surface area contributed by atoms with Gasteiger partial charge in [0, 0.05) is 44.2 Å². The third-order valence-electron chi connectivity index (χ3n) is 3.55. The van der Waals surface area contributed by atoms with Crippen LogP contribution in [0, 0.1) is 0 Å². The molecule has 0 aromatic heterocycles. The zero-order chi connectivity index (χ0) is 15.3. The Hall–Kier alpha value is -1.14. The highest BCUT2D eigenvalue weighted by atomic mass is 32.1. The largest absolute Gasteiger partial charge is 0.416 e. The number of hydrogen-bond donors (Lipinski definition) is 1. The van der Waals surface area contributed by atoms with Crippen LogP contribution in [0.1, 0.15) is 5.56 Å². The van der Waals surface area contributed by atoms with Gasteiger partial charge in [-0.2, -0.15) is 25.8 Å². The van der Waals surface area contributed by atoms with Crippen LogP contribution in [0.3, 0.4) is 0 Å². The zero-order valence-electron chi connectivity index (χ0n) is 11.7. The first-order valence-electron chi connectivity index (χ1n) is 6.91. The number of nitrogens with zero attached hydrogens (tertiary/aromatic N) is 2. The first kappa shape index (κ1) is 16.2. The van der Waals surface area contributed by atoms with Crippen molar-refractivity contribution in [2.24, 2.45) is 0 Å². The summed E-state index contributed by atoms with van der Waals surface area (Å²) in [5.74, 6) is 0.726. The van der Waals surface area contributed by atoms with Crippen molar-refractivity contribution in [2.45, 2.75) is 6.18 Å². The Morgan fingerprint density at radius 3 is 2.43 bits per heavy atom. The molecule has 1 saturated heterocycles. The minimum Gasteiger partial charge on any atom is -0.369 e. The van der Waals surface area contributed by atoms with E-state index in [2.05, 4.69) is 23.6 Å². The first-order valence-corrected chi connectivity index (χ1v) is 7.54. The highest BCUT2D eigenvalue weighted by Gasteiger charge is 2.31. The van der Waals surface area contributed by atoms with E-state index in [1.807, 2.05) is 11.0 Å². The SMILES string of the molecule is FC(F)(F)c1cccc(N2CCN(C/C=C/CS)CC2)c1. The van der Waals surface area contributed by atoms with Crippen molar-refractivity contribution in [3.8, 4) is 0 Å². The van der Waals surface area contributed by atoms with Crippen LogP contribution in [-0.2, 0) is 6.18 Å². The lowest BCUT2D eigenvalue weighted by Crippen LogP contribution is -2.46. The Bertz CT molecular complexity index is 480. The van der Waals surface area contributed by atoms with E-state index < -0.39 is 11.7 Å². The van der Waals surface area contributed by atoms with Crippen molar-refractivity contribution >= 4 is 18.3 Å². The van der Waals surface area contributed by atoms with Crippen LogP contribution in [0.5, 0.6) is 0 Å². The van der Waals surface area contributed by atoms with Gasteiger partial charge in [-0.25, -0.2) is 0 Å². The summed E-state index contributed by atoms with van der Waals surface area (Å²) in [5.41, 5.74) is 0.0644. The van der Waals surface area contributed by atoms with Crippen LogP contribution in [0.25, 0.3) is 0 Å². The summed E-state index contributed by atoms with van der Waals surface area (Å²) in [4.78, 5) is 4.29. The van der Waals surface area contributed by atoms with Crippen molar-refractivity contribution in [3.05, 3.63) is 42.0 Å². The number of rotatable bonds is 4. The molecule has 1 fully saturated rings. The first-order chi connectivity index (χ1) is 10.0. The highest BCUT2D eigenvalue weighted by Crippen LogP contribution is 2.31. The van der Waals surface area contributed by atoms with Crippen LogP contribution in [0.15, 0.2) is 36.4 Å². The number of anilines is 1. The summed E-state index contributed by atoms with van der Waals surface area (Å²) >= 11 is 4.11. The predicted molar refractivity (Wildman–Crippen MR) is 83.1 cm³/mol. The van der Waals surface area contributed by atoms with Gasteiger partial charge in [0.25, 0.3) is 0 Å². The van der Waals surface area contributed by atoms with Gasteiger partial charge < -0.3 is 4.90 Å². The maximum atomic E-state index is 12.7. The predicted octanol–water partition coefficient (Wildman–Crippen LogP) is 3.31. The lowest BCUT2D eigenvalue weighted by Gasteiger charge is -2.35. The monoisotopic (exact) mass is 316 g/mol. The topological polar surface area (TPSA) is 6.48 Å². The van der Waals surface area contributed by atoms with E-state index in [4.69, 9.17) is 0 Å². The fraction of sp³-hybridized carbons (Fsp3) is 0.467. The van der Waals surface area contributed by atoms with Crippen LogP contribution >= 0.6 is 12.6 Å². The average Bonchev–Trinajstić information content (AvgIpc) is 2.47. The molecule has 1 heterocycles. The highest BCUT2D eigenvalue weighted by molar-refractivity contribution is 7.80. The van der Waals surface area contributed by atoms with Gasteiger partial charge in [-0.3, -0.25) is 4.90 Å². The number of thiol groups is 1. The second-order valence-electron chi connectivity index (χ2n) is 4.99. The summed E-state index contributed by atoms with van der Waals surface area (Å²) in [6.07, 6.45) is -0.204. The van der Waals surface area contributed by atoms with E-state index in [1.165, 1.54) is 12.1 Å². The molecule has 0 spiro atoms. The molecule has 0 N–H and O–H groups in total. The molecular formula is C15H19F3N2S. The zero-order valence-corrected chi connectivity index (χ0v) is 12.6. The molecule has 6 heteroatoms. The van der Waals surface area contributed by atoms with E-state index in [9.17, 15) is 13.2 Å². The fourth-order valence-corrected chi connectivity index (χ4v) is 2.51. The molecule has 1 aromatic rings. The van der Waals surface area contributed by atoms with Crippen molar-refractivity contribution in [1.29, 1.82) is 0 Å². The summed E-state index contributed by atoms with van der Waals surface area (Å²) < 4.78 is 38.2. The van der Waals surface area contributed by atoms with E-state index in [0.717, 1.165) is 44.5 Å². The van der Waals surface area contributed by atoms with Gasteiger partial charge in [0.15, 0.2) is 0 Å². The van der Waals surface area contributed by atoms with Gasteiger partial charge in [-0.1, -0.05) is 18.2 Å². The standard InChI is InChI=1S/C15H19F3N2S/c16-15(17,18)13-4-3-5-14(12-13)20-9-7-19(8-10-20)6-1-2-11-21/h1-5,12,21H,6-11H2/b2-1+. The van der Waals surface area contributed by atoms with Crippen LogP contribution < -0.4 is 4.90 Å². The third-order valence-corrected chi connectivity index (χ3v) is 3.76. The summed E-state index contributed by atoms with van der Waals surface area (Å²) in [6.45, 7) is 4.07. The van der Waals surface area contributed by atoms with Gasteiger partial charge >= 0.3 is 6.18 Å².